The van der Waals surface area contributed by atoms with Crippen LogP contribution >= 0.6 is 0 Å². The predicted octanol–water partition coefficient (Wildman–Crippen LogP) is 10.6. The summed E-state index contributed by atoms with van der Waals surface area (Å²) >= 11 is 0. The van der Waals surface area contributed by atoms with Gasteiger partial charge in [0.2, 0.25) is 0 Å². The summed E-state index contributed by atoms with van der Waals surface area (Å²) in [5.74, 6) is 0.415. The molecule has 2 aliphatic rings. The molecule has 70 heavy (non-hydrogen) atoms. The van der Waals surface area contributed by atoms with E-state index >= 15 is 0 Å². The number of aliphatic hydroxyl groups is 2. The van der Waals surface area contributed by atoms with Crippen molar-refractivity contribution in [3.8, 4) is 23.0 Å². The maximum Gasteiger partial charge on any atom is 0.310 e. The van der Waals surface area contributed by atoms with Gasteiger partial charge in [-0.1, -0.05) is 100 Å². The molecule has 0 aliphatic carbocycles. The summed E-state index contributed by atoms with van der Waals surface area (Å²) < 4.78 is 33.9. The van der Waals surface area contributed by atoms with Crippen molar-refractivity contribution >= 4 is 56.7 Å². The molecular weight excluding hydrogens is 893 g/mol. The molecule has 2 heterocycles. The van der Waals surface area contributed by atoms with E-state index in [1.807, 2.05) is 90.1 Å². The topological polar surface area (TPSA) is 171 Å². The zero-order valence-corrected chi connectivity index (χ0v) is 41.7. The van der Waals surface area contributed by atoms with Crippen molar-refractivity contribution in [2.75, 3.05) is 37.2 Å². The third-order valence-electron chi connectivity index (χ3n) is 12.1. The molecule has 8 rings (SSSR count). The second kappa shape index (κ2) is 23.4. The van der Waals surface area contributed by atoms with Crippen molar-refractivity contribution in [3.05, 3.63) is 130 Å². The first-order valence-electron chi connectivity index (χ1n) is 23.9. The van der Waals surface area contributed by atoms with Crippen LogP contribution in [0.1, 0.15) is 124 Å². The predicted molar refractivity (Wildman–Crippen MR) is 270 cm³/mol. The lowest BCUT2D eigenvalue weighted by Crippen LogP contribution is -2.27. The Hall–Kier alpha value is -7.16. The van der Waals surface area contributed by atoms with E-state index in [1.165, 1.54) is 24.0 Å². The first kappa shape index (κ1) is 52.2. The molecule has 14 nitrogen and oxygen atoms in total. The standard InChI is InChI=1S/2C27H29NO6.C2H6/c2*1-5-16(3)34-25-20-10-8-7-9-19(20)24(32-4)22-23(25)27(31)28(26(22)30)18-13-11-17(12-14-18)15-21(29)33-6-2;1-2/h7-14,16,27,31H,5-6,15H2,1-4H3;7-14,16,26,30H,5-6,15H2,1-4H3;1-2H3. The second-order valence-corrected chi connectivity index (χ2v) is 16.5. The third-order valence-corrected chi connectivity index (χ3v) is 12.1. The van der Waals surface area contributed by atoms with E-state index in [2.05, 4.69) is 0 Å². The number of esters is 2. The van der Waals surface area contributed by atoms with E-state index in [0.717, 1.165) is 45.5 Å². The quantitative estimate of drug-likeness (QED) is 0.0882. The number of aliphatic hydroxyl groups excluding tert-OH is 2. The molecule has 0 aromatic heterocycles. The Morgan fingerprint density at radius 3 is 1.26 bits per heavy atom. The van der Waals surface area contributed by atoms with Crippen LogP contribution in [-0.2, 0) is 31.9 Å². The first-order valence-corrected chi connectivity index (χ1v) is 23.9. The van der Waals surface area contributed by atoms with Crippen molar-refractivity contribution in [2.45, 2.75) is 106 Å². The molecule has 14 heteroatoms. The Morgan fingerprint density at radius 2 is 0.871 bits per heavy atom. The molecule has 0 fully saturated rings. The van der Waals surface area contributed by atoms with Gasteiger partial charge in [0, 0.05) is 32.9 Å². The molecule has 4 unspecified atom stereocenters. The summed E-state index contributed by atoms with van der Waals surface area (Å²) in [5.41, 5.74) is 3.90. The number of methoxy groups -OCH3 is 2. The van der Waals surface area contributed by atoms with Gasteiger partial charge in [0.25, 0.3) is 11.8 Å². The lowest BCUT2D eigenvalue weighted by atomic mass is 9.98. The molecule has 4 atom stereocenters. The number of carbonyl (C=O) groups excluding carboxylic acids is 4. The van der Waals surface area contributed by atoms with Crippen molar-refractivity contribution in [1.82, 2.24) is 0 Å². The van der Waals surface area contributed by atoms with Gasteiger partial charge in [-0.3, -0.25) is 29.0 Å². The highest BCUT2D eigenvalue weighted by Crippen LogP contribution is 2.52. The number of fused-ring (bicyclic) bond motifs is 4. The van der Waals surface area contributed by atoms with E-state index in [9.17, 15) is 29.4 Å². The third kappa shape index (κ3) is 10.4. The molecule has 370 valence electrons. The summed E-state index contributed by atoms with van der Waals surface area (Å²) in [5, 5.41) is 25.8. The van der Waals surface area contributed by atoms with E-state index in [4.69, 9.17) is 28.4 Å². The van der Waals surface area contributed by atoms with Crippen LogP contribution in [0.2, 0.25) is 0 Å². The molecule has 2 aliphatic heterocycles. The minimum atomic E-state index is -1.25. The molecule has 0 saturated heterocycles. The van der Waals surface area contributed by atoms with E-state index in [0.29, 0.717) is 69.8 Å². The van der Waals surface area contributed by atoms with Crippen LogP contribution in [0.4, 0.5) is 11.4 Å². The maximum absolute atomic E-state index is 13.7. The van der Waals surface area contributed by atoms with Gasteiger partial charge in [-0.05, 0) is 75.9 Å². The lowest BCUT2D eigenvalue weighted by molar-refractivity contribution is -0.143. The SMILES string of the molecule is CC.CCOC(=O)Cc1ccc(N2C(=O)c3c(c(OC(C)CC)c4ccccc4c3OC)C2O)cc1.CCOC(=O)Cc1ccc(N2C(=O)c3c(c(OC)c4ccccc4c3OC(C)CC)C2O)cc1. The van der Waals surface area contributed by atoms with Crippen LogP contribution in [0.25, 0.3) is 21.5 Å². The van der Waals surface area contributed by atoms with Crippen molar-refractivity contribution in [3.63, 3.8) is 0 Å². The van der Waals surface area contributed by atoms with Gasteiger partial charge < -0.3 is 38.6 Å². The van der Waals surface area contributed by atoms with Crippen LogP contribution < -0.4 is 28.7 Å². The zero-order chi connectivity index (χ0) is 50.8. The van der Waals surface area contributed by atoms with Gasteiger partial charge in [0.15, 0.2) is 12.5 Å². The second-order valence-electron chi connectivity index (χ2n) is 16.5. The fraction of sp³-hybridized carbons (Fsp3) is 0.357. The number of nitrogens with zero attached hydrogens (tertiary/aromatic N) is 2. The Morgan fingerprint density at radius 1 is 0.529 bits per heavy atom. The minimum absolute atomic E-state index is 0.112. The summed E-state index contributed by atoms with van der Waals surface area (Å²) in [6.45, 7) is 16.1. The highest BCUT2D eigenvalue weighted by molar-refractivity contribution is 6.18. The number of amides is 2. The van der Waals surface area contributed by atoms with Crippen molar-refractivity contribution in [1.29, 1.82) is 0 Å². The van der Waals surface area contributed by atoms with Gasteiger partial charge in [0.05, 0.1) is 74.7 Å². The van der Waals surface area contributed by atoms with Crippen molar-refractivity contribution in [2.24, 2.45) is 0 Å². The molecule has 2 amide bonds. The molecule has 6 aromatic carbocycles. The average molecular weight is 957 g/mol. The number of hydrogen-bond acceptors (Lipinski definition) is 12. The molecule has 2 N–H and O–H groups in total. The van der Waals surface area contributed by atoms with Gasteiger partial charge >= 0.3 is 11.9 Å². The number of rotatable bonds is 16. The molecule has 0 radical (unpaired) electrons. The first-order chi connectivity index (χ1) is 33.8. The van der Waals surface area contributed by atoms with E-state index in [1.54, 1.807) is 62.4 Å². The monoisotopic (exact) mass is 956 g/mol. The molecule has 0 spiro atoms. The van der Waals surface area contributed by atoms with Crippen molar-refractivity contribution < 1.29 is 57.8 Å². The summed E-state index contributed by atoms with van der Waals surface area (Å²) in [7, 11) is 3.05. The fourth-order valence-electron chi connectivity index (χ4n) is 8.50. The summed E-state index contributed by atoms with van der Waals surface area (Å²) in [4.78, 5) is 53.6. The zero-order valence-electron chi connectivity index (χ0n) is 41.7. The number of ether oxygens (including phenoxy) is 6. The van der Waals surface area contributed by atoms with Gasteiger partial charge in [-0.15, -0.1) is 0 Å². The number of anilines is 2. The highest BCUT2D eigenvalue weighted by Gasteiger charge is 2.45. The summed E-state index contributed by atoms with van der Waals surface area (Å²) in [6, 6.07) is 28.9. The van der Waals surface area contributed by atoms with Crippen LogP contribution in [0, 0.1) is 0 Å². The minimum Gasteiger partial charge on any atom is -0.496 e. The van der Waals surface area contributed by atoms with Crippen LogP contribution in [0.15, 0.2) is 97.1 Å². The Labute approximate surface area is 409 Å². The average Bonchev–Trinajstić information content (AvgIpc) is 3.79. The van der Waals surface area contributed by atoms with Crippen LogP contribution in [0.3, 0.4) is 0 Å². The normalized spacial score (nSPS) is 15.5. The number of benzene rings is 6. The Balaban J connectivity index is 0.000000222. The molecule has 0 saturated carbocycles. The lowest BCUT2D eigenvalue weighted by Gasteiger charge is -2.23. The van der Waals surface area contributed by atoms with Gasteiger partial charge in [-0.25, -0.2) is 0 Å². The number of hydrogen-bond donors (Lipinski definition) is 2. The van der Waals surface area contributed by atoms with Crippen LogP contribution in [0.5, 0.6) is 23.0 Å². The Bertz CT molecular complexity index is 2760. The largest absolute Gasteiger partial charge is 0.496 e. The number of carbonyl (C=O) groups is 4. The van der Waals surface area contributed by atoms with E-state index in [-0.39, 0.29) is 48.8 Å². The molecule has 0 bridgehead atoms. The highest BCUT2D eigenvalue weighted by atomic mass is 16.5. The smallest absolute Gasteiger partial charge is 0.310 e. The Kier molecular flexibility index (Phi) is 17.5. The molecule has 6 aromatic rings. The fourth-order valence-corrected chi connectivity index (χ4v) is 8.50. The van der Waals surface area contributed by atoms with Gasteiger partial charge in [-0.2, -0.15) is 0 Å². The summed E-state index contributed by atoms with van der Waals surface area (Å²) in [6.07, 6.45) is -0.939. The van der Waals surface area contributed by atoms with Crippen LogP contribution in [-0.4, -0.2) is 73.6 Å². The van der Waals surface area contributed by atoms with E-state index < -0.39 is 12.5 Å². The maximum atomic E-state index is 13.7. The van der Waals surface area contributed by atoms with Gasteiger partial charge in [0.1, 0.15) is 23.0 Å². The molecular formula is C56H64N2O12.